The van der Waals surface area contributed by atoms with Gasteiger partial charge in [0, 0.05) is 17.0 Å². The molecule has 1 aliphatic rings. The smallest absolute Gasteiger partial charge is 0.230 e. The van der Waals surface area contributed by atoms with Gasteiger partial charge in [0.2, 0.25) is 5.91 Å². The van der Waals surface area contributed by atoms with Crippen LogP contribution in [0.4, 0.5) is 0 Å². The number of hydrogen-bond acceptors (Lipinski definition) is 1. The van der Waals surface area contributed by atoms with Crippen molar-refractivity contribution in [3.63, 3.8) is 0 Å². The number of benzene rings is 2. The molecule has 0 spiro atoms. The molecular formula is C20H22ClNO. The minimum Gasteiger partial charge on any atom is -0.354 e. The molecule has 1 N–H and O–H groups in total. The van der Waals surface area contributed by atoms with E-state index in [1.165, 1.54) is 5.56 Å². The summed E-state index contributed by atoms with van der Waals surface area (Å²) >= 11 is 6.06. The molecule has 1 saturated carbocycles. The molecule has 0 aromatic heterocycles. The van der Waals surface area contributed by atoms with Crippen LogP contribution in [-0.4, -0.2) is 12.5 Å². The van der Waals surface area contributed by atoms with Crippen molar-refractivity contribution in [3.05, 3.63) is 70.7 Å². The minimum absolute atomic E-state index is 0.0435. The Kier molecular flexibility index (Phi) is 4.20. The lowest BCUT2D eigenvalue weighted by Crippen LogP contribution is -2.43. The maximum Gasteiger partial charge on any atom is 0.230 e. The van der Waals surface area contributed by atoms with E-state index in [9.17, 15) is 4.79 Å². The van der Waals surface area contributed by atoms with Crippen molar-refractivity contribution in [3.8, 4) is 0 Å². The van der Waals surface area contributed by atoms with Crippen LogP contribution in [0.25, 0.3) is 0 Å². The van der Waals surface area contributed by atoms with E-state index < -0.39 is 5.41 Å². The lowest BCUT2D eigenvalue weighted by atomic mass is 9.83. The Morgan fingerprint density at radius 1 is 1.13 bits per heavy atom. The average Bonchev–Trinajstić information content (AvgIpc) is 3.34. The predicted molar refractivity (Wildman–Crippen MR) is 94.8 cm³/mol. The van der Waals surface area contributed by atoms with Crippen LogP contribution in [0.2, 0.25) is 5.02 Å². The summed E-state index contributed by atoms with van der Waals surface area (Å²) in [5.41, 5.74) is 1.78. The first-order chi connectivity index (χ1) is 10.9. The molecule has 1 aliphatic carbocycles. The zero-order chi connectivity index (χ0) is 16.5. The molecule has 1 fully saturated rings. The highest BCUT2D eigenvalue weighted by Crippen LogP contribution is 2.47. The average molecular weight is 328 g/mol. The second-order valence-electron chi connectivity index (χ2n) is 6.96. The van der Waals surface area contributed by atoms with Gasteiger partial charge in [-0.3, -0.25) is 4.79 Å². The topological polar surface area (TPSA) is 29.1 Å². The fourth-order valence-electron chi connectivity index (χ4n) is 2.99. The fourth-order valence-corrected chi connectivity index (χ4v) is 3.18. The van der Waals surface area contributed by atoms with Crippen molar-refractivity contribution in [2.75, 3.05) is 6.54 Å². The molecule has 0 heterocycles. The van der Waals surface area contributed by atoms with Crippen LogP contribution in [-0.2, 0) is 15.6 Å². The number of nitrogens with one attached hydrogen (secondary N) is 1. The van der Waals surface area contributed by atoms with Crippen LogP contribution in [0.1, 0.15) is 37.8 Å². The Labute approximate surface area is 142 Å². The van der Waals surface area contributed by atoms with Crippen LogP contribution in [0, 0.1) is 0 Å². The Balaban J connectivity index is 1.70. The van der Waals surface area contributed by atoms with E-state index in [1.54, 1.807) is 0 Å². The summed E-state index contributed by atoms with van der Waals surface area (Å²) in [5, 5.41) is 3.82. The molecule has 0 aliphatic heterocycles. The molecule has 23 heavy (non-hydrogen) atoms. The molecule has 0 bridgehead atoms. The van der Waals surface area contributed by atoms with Crippen LogP contribution in [0.5, 0.6) is 0 Å². The summed E-state index contributed by atoms with van der Waals surface area (Å²) < 4.78 is 0. The third kappa shape index (κ3) is 3.28. The van der Waals surface area contributed by atoms with E-state index in [0.717, 1.165) is 18.4 Å². The van der Waals surface area contributed by atoms with E-state index in [4.69, 9.17) is 11.6 Å². The van der Waals surface area contributed by atoms with Gasteiger partial charge in [-0.05, 0) is 49.9 Å². The van der Waals surface area contributed by atoms with Gasteiger partial charge in [-0.2, -0.15) is 0 Å². The first-order valence-electron chi connectivity index (χ1n) is 8.04. The van der Waals surface area contributed by atoms with Gasteiger partial charge in [0.15, 0.2) is 0 Å². The molecule has 2 nitrogen and oxygen atoms in total. The highest BCUT2D eigenvalue weighted by Gasteiger charge is 2.45. The van der Waals surface area contributed by atoms with E-state index in [1.807, 2.05) is 44.2 Å². The fraction of sp³-hybridized carbons (Fsp3) is 0.350. The molecule has 0 saturated heterocycles. The van der Waals surface area contributed by atoms with Crippen molar-refractivity contribution in [1.29, 1.82) is 0 Å². The van der Waals surface area contributed by atoms with Crippen molar-refractivity contribution < 1.29 is 4.79 Å². The van der Waals surface area contributed by atoms with Gasteiger partial charge in [-0.1, -0.05) is 54.1 Å². The monoisotopic (exact) mass is 327 g/mol. The zero-order valence-corrected chi connectivity index (χ0v) is 14.4. The Morgan fingerprint density at radius 2 is 1.83 bits per heavy atom. The first-order valence-corrected chi connectivity index (χ1v) is 8.42. The normalized spacial score (nSPS) is 16.0. The Morgan fingerprint density at radius 3 is 2.43 bits per heavy atom. The van der Waals surface area contributed by atoms with Crippen LogP contribution in [0.3, 0.4) is 0 Å². The number of amides is 1. The summed E-state index contributed by atoms with van der Waals surface area (Å²) in [5.74, 6) is 0.0435. The second-order valence-corrected chi connectivity index (χ2v) is 7.40. The van der Waals surface area contributed by atoms with Crippen molar-refractivity contribution >= 4 is 17.5 Å². The van der Waals surface area contributed by atoms with Gasteiger partial charge in [-0.25, -0.2) is 0 Å². The second kappa shape index (κ2) is 6.01. The number of carbonyl (C=O) groups excluding carboxylic acids is 1. The molecule has 1 amide bonds. The third-order valence-electron chi connectivity index (χ3n) is 4.94. The van der Waals surface area contributed by atoms with Crippen molar-refractivity contribution in [1.82, 2.24) is 5.32 Å². The molecule has 0 atom stereocenters. The minimum atomic E-state index is -0.600. The molecule has 3 heteroatoms. The molecule has 2 aromatic carbocycles. The molecule has 0 radical (unpaired) electrons. The zero-order valence-electron chi connectivity index (χ0n) is 13.6. The molecule has 120 valence electrons. The lowest BCUT2D eigenvalue weighted by molar-refractivity contribution is -0.125. The summed E-state index contributed by atoms with van der Waals surface area (Å²) in [4.78, 5) is 12.7. The molecule has 2 aromatic rings. The Bertz CT molecular complexity index is 705. The van der Waals surface area contributed by atoms with Crippen molar-refractivity contribution in [2.45, 2.75) is 37.5 Å². The first kappa shape index (κ1) is 16.1. The van der Waals surface area contributed by atoms with E-state index in [2.05, 4.69) is 29.6 Å². The SMILES string of the molecule is CC(C)(C(=O)NCC1(c2ccccc2)CC1)c1cccc(Cl)c1. The summed E-state index contributed by atoms with van der Waals surface area (Å²) in [7, 11) is 0. The number of carbonyl (C=O) groups is 1. The highest BCUT2D eigenvalue weighted by molar-refractivity contribution is 6.30. The van der Waals surface area contributed by atoms with Gasteiger partial charge >= 0.3 is 0 Å². The summed E-state index contributed by atoms with van der Waals surface area (Å²) in [6.07, 6.45) is 2.27. The Hall–Kier alpha value is -1.80. The lowest BCUT2D eigenvalue weighted by Gasteiger charge is -2.26. The largest absolute Gasteiger partial charge is 0.354 e. The van der Waals surface area contributed by atoms with Crippen LogP contribution in [0.15, 0.2) is 54.6 Å². The van der Waals surface area contributed by atoms with Gasteiger partial charge < -0.3 is 5.32 Å². The van der Waals surface area contributed by atoms with Gasteiger partial charge in [-0.15, -0.1) is 0 Å². The van der Waals surface area contributed by atoms with Gasteiger partial charge in [0.25, 0.3) is 0 Å². The quantitative estimate of drug-likeness (QED) is 0.862. The van der Waals surface area contributed by atoms with Crippen LogP contribution < -0.4 is 5.32 Å². The summed E-state index contributed by atoms with van der Waals surface area (Å²) in [6, 6.07) is 18.0. The van der Waals surface area contributed by atoms with Crippen LogP contribution >= 0.6 is 11.6 Å². The number of hydrogen-bond donors (Lipinski definition) is 1. The van der Waals surface area contributed by atoms with E-state index in [-0.39, 0.29) is 11.3 Å². The molecular weight excluding hydrogens is 306 g/mol. The summed E-state index contributed by atoms with van der Waals surface area (Å²) in [6.45, 7) is 4.58. The van der Waals surface area contributed by atoms with Gasteiger partial charge in [0.05, 0.1) is 5.41 Å². The maximum atomic E-state index is 12.7. The van der Waals surface area contributed by atoms with Crippen molar-refractivity contribution in [2.24, 2.45) is 0 Å². The highest BCUT2D eigenvalue weighted by atomic mass is 35.5. The third-order valence-corrected chi connectivity index (χ3v) is 5.18. The standard InChI is InChI=1S/C20H22ClNO/c1-19(2,16-9-6-10-17(21)13-16)18(23)22-14-20(11-12-20)15-7-4-3-5-8-15/h3-10,13H,11-12,14H2,1-2H3,(H,22,23). The number of halogens is 1. The van der Waals surface area contributed by atoms with E-state index >= 15 is 0 Å². The molecule has 0 unspecified atom stereocenters. The number of rotatable bonds is 5. The van der Waals surface area contributed by atoms with Gasteiger partial charge in [0.1, 0.15) is 0 Å². The predicted octanol–water partition coefficient (Wildman–Crippen LogP) is 4.47. The molecule has 3 rings (SSSR count). The maximum absolute atomic E-state index is 12.7. The van der Waals surface area contributed by atoms with E-state index in [0.29, 0.717) is 11.6 Å².